The lowest BCUT2D eigenvalue weighted by Crippen LogP contribution is -2.60. The third kappa shape index (κ3) is 7.10. The molecule has 1 amide bonds. The predicted octanol–water partition coefficient (Wildman–Crippen LogP) is 7.60. The smallest absolute Gasteiger partial charge is 0.252 e. The molecule has 2 atom stereocenters. The van der Waals surface area contributed by atoms with Crippen molar-refractivity contribution < 1.29 is 4.79 Å². The Hall–Kier alpha value is -2.09. The fourth-order valence-corrected chi connectivity index (χ4v) is 7.01. The molecular weight excluding hydrogens is 622 g/mol. The van der Waals surface area contributed by atoms with E-state index in [1.54, 1.807) is 6.07 Å². The summed E-state index contributed by atoms with van der Waals surface area (Å²) < 4.78 is 0. The van der Waals surface area contributed by atoms with Crippen LogP contribution < -0.4 is 10.6 Å². The first-order valence-corrected chi connectivity index (χ1v) is 16.5. The Bertz CT molecular complexity index is 1520. The summed E-state index contributed by atoms with van der Waals surface area (Å²) in [5.74, 6) is 0.0906. The van der Waals surface area contributed by atoms with E-state index in [0.717, 1.165) is 84.8 Å². The van der Waals surface area contributed by atoms with E-state index in [4.69, 9.17) is 46.4 Å². The molecule has 2 bridgehead atoms. The van der Waals surface area contributed by atoms with Gasteiger partial charge in [-0.05, 0) is 77.9 Å². The lowest BCUT2D eigenvalue weighted by atomic mass is 9.83. The van der Waals surface area contributed by atoms with Gasteiger partial charge in [-0.15, -0.1) is 0 Å². The molecule has 3 aliphatic rings. The Morgan fingerprint density at radius 2 is 1.67 bits per heavy atom. The minimum Gasteiger partial charge on any atom is -0.331 e. The van der Waals surface area contributed by atoms with E-state index < -0.39 is 0 Å². The Morgan fingerprint density at radius 3 is 2.42 bits per heavy atom. The number of nitrogens with one attached hydrogen (secondary N) is 2. The maximum atomic E-state index is 14.4. The number of carbonyl (C=O) groups is 1. The molecule has 0 spiro atoms. The number of benzene rings is 3. The first-order valence-electron chi connectivity index (χ1n) is 15.0. The highest BCUT2D eigenvalue weighted by Gasteiger charge is 2.41. The van der Waals surface area contributed by atoms with Crippen LogP contribution in [0.15, 0.2) is 66.2 Å². The molecule has 226 valence electrons. The molecular formula is C34H36Cl4N4O. The molecule has 1 aliphatic carbocycles. The average molecular weight is 659 g/mol. The lowest BCUT2D eigenvalue weighted by Gasteiger charge is -2.41. The van der Waals surface area contributed by atoms with Crippen LogP contribution in [-0.4, -0.2) is 53.5 Å². The minimum atomic E-state index is -0.0382. The number of rotatable bonds is 10. The number of nitrogens with zero attached hydrogens (tertiary/aromatic N) is 2. The van der Waals surface area contributed by atoms with Crippen LogP contribution in [0.25, 0.3) is 5.57 Å². The molecule has 1 saturated heterocycles. The highest BCUT2D eigenvalue weighted by Crippen LogP contribution is 2.37. The summed E-state index contributed by atoms with van der Waals surface area (Å²) in [4.78, 5) is 18.8. The Labute approximate surface area is 274 Å². The summed E-state index contributed by atoms with van der Waals surface area (Å²) in [6.45, 7) is 6.61. The maximum absolute atomic E-state index is 14.4. The normalized spacial score (nSPS) is 20.0. The van der Waals surface area contributed by atoms with Gasteiger partial charge in [0.2, 0.25) is 0 Å². The van der Waals surface area contributed by atoms with Crippen LogP contribution in [0.2, 0.25) is 20.1 Å². The van der Waals surface area contributed by atoms with Gasteiger partial charge in [0.05, 0.1) is 16.1 Å². The van der Waals surface area contributed by atoms with E-state index >= 15 is 0 Å². The highest BCUT2D eigenvalue weighted by atomic mass is 35.5. The molecule has 2 fully saturated rings. The van der Waals surface area contributed by atoms with E-state index in [1.165, 1.54) is 5.56 Å². The van der Waals surface area contributed by atoms with Gasteiger partial charge in [0.1, 0.15) is 0 Å². The van der Waals surface area contributed by atoms with Crippen LogP contribution in [0.4, 0.5) is 0 Å². The maximum Gasteiger partial charge on any atom is 0.252 e. The third-order valence-corrected chi connectivity index (χ3v) is 10.2. The second-order valence-electron chi connectivity index (χ2n) is 11.8. The SMILES string of the molecule is CCN(Cc1ccc(C2=C(C(=O)N(Cc3cccc(Cl)c3Cl)C3CC3)[C@H]3CNCC(C2)N3)cc1)Cc1cc(Cl)ccc1Cl. The zero-order chi connectivity index (χ0) is 30.1. The van der Waals surface area contributed by atoms with Crippen LogP contribution in [0, 0.1) is 0 Å². The van der Waals surface area contributed by atoms with Crippen molar-refractivity contribution in [3.05, 3.63) is 109 Å². The van der Waals surface area contributed by atoms with Crippen LogP contribution in [0.5, 0.6) is 0 Å². The van der Waals surface area contributed by atoms with Crippen LogP contribution >= 0.6 is 46.4 Å². The Morgan fingerprint density at radius 1 is 0.884 bits per heavy atom. The number of fused-ring (bicyclic) bond motifs is 2. The zero-order valence-electron chi connectivity index (χ0n) is 24.2. The molecule has 9 heteroatoms. The van der Waals surface area contributed by atoms with Crippen molar-refractivity contribution in [2.45, 2.75) is 63.9 Å². The zero-order valence-corrected chi connectivity index (χ0v) is 27.2. The molecule has 1 saturated carbocycles. The molecule has 2 N–H and O–H groups in total. The van der Waals surface area contributed by atoms with Crippen molar-refractivity contribution in [3.63, 3.8) is 0 Å². The molecule has 1 unspecified atom stereocenters. The number of piperazine rings is 1. The first kappa shape index (κ1) is 30.9. The first-order chi connectivity index (χ1) is 20.8. The van der Waals surface area contributed by atoms with Gasteiger partial charge in [-0.3, -0.25) is 9.69 Å². The van der Waals surface area contributed by atoms with Gasteiger partial charge in [-0.1, -0.05) is 89.7 Å². The van der Waals surface area contributed by atoms with Gasteiger partial charge in [-0.25, -0.2) is 0 Å². The van der Waals surface area contributed by atoms with E-state index in [9.17, 15) is 4.79 Å². The van der Waals surface area contributed by atoms with Gasteiger partial charge in [-0.2, -0.15) is 0 Å². The number of halogens is 4. The van der Waals surface area contributed by atoms with E-state index in [0.29, 0.717) is 27.7 Å². The van der Waals surface area contributed by atoms with Crippen LogP contribution in [0.1, 0.15) is 48.4 Å². The molecule has 0 aromatic heterocycles. The predicted molar refractivity (Wildman–Crippen MR) is 178 cm³/mol. The Balaban J connectivity index is 1.27. The molecule has 2 aliphatic heterocycles. The fraction of sp³-hybridized carbons (Fsp3) is 0.382. The standard InChI is InChI=1S/C34H36Cl4N4O/c1-2-41(19-24-14-25(35)10-13-29(24)36)18-21-6-8-22(9-7-21)28-15-26-16-39-17-31(40-26)32(28)34(43)42(27-11-12-27)20-23-4-3-5-30(37)33(23)38/h3-10,13-14,26-27,31,39-40H,2,11-12,15-20H2,1H3/t26?,31-/m1/s1. The Kier molecular flexibility index (Phi) is 9.70. The molecule has 0 radical (unpaired) electrons. The van der Waals surface area contributed by atoms with Gasteiger partial charge in [0, 0.05) is 60.4 Å². The van der Waals surface area contributed by atoms with Gasteiger partial charge >= 0.3 is 0 Å². The summed E-state index contributed by atoms with van der Waals surface area (Å²) in [5.41, 5.74) is 6.24. The minimum absolute atomic E-state index is 0.0382. The van der Waals surface area contributed by atoms with Crippen LogP contribution in [-0.2, 0) is 24.4 Å². The van der Waals surface area contributed by atoms with E-state index in [1.807, 2.05) is 35.2 Å². The lowest BCUT2D eigenvalue weighted by molar-refractivity contribution is -0.128. The largest absolute Gasteiger partial charge is 0.331 e. The summed E-state index contributed by atoms with van der Waals surface area (Å²) >= 11 is 25.6. The van der Waals surface area contributed by atoms with Gasteiger partial charge < -0.3 is 15.5 Å². The molecule has 3 aromatic carbocycles. The van der Waals surface area contributed by atoms with Crippen LogP contribution in [0.3, 0.4) is 0 Å². The second-order valence-corrected chi connectivity index (χ2v) is 13.4. The van der Waals surface area contributed by atoms with Gasteiger partial charge in [0.25, 0.3) is 5.91 Å². The number of hydrogen-bond donors (Lipinski definition) is 2. The van der Waals surface area contributed by atoms with Crippen molar-refractivity contribution in [1.82, 2.24) is 20.4 Å². The quantitative estimate of drug-likeness (QED) is 0.236. The number of amides is 1. The molecule has 6 rings (SSSR count). The number of carbonyl (C=O) groups excluding carboxylic acids is 1. The molecule has 5 nitrogen and oxygen atoms in total. The summed E-state index contributed by atoms with van der Waals surface area (Å²) in [5, 5.41) is 9.70. The monoisotopic (exact) mass is 656 g/mol. The molecule has 2 heterocycles. The summed E-state index contributed by atoms with van der Waals surface area (Å²) in [6.07, 6.45) is 2.82. The van der Waals surface area contributed by atoms with Crippen molar-refractivity contribution >= 4 is 57.9 Å². The molecule has 43 heavy (non-hydrogen) atoms. The number of hydrogen-bond acceptors (Lipinski definition) is 4. The van der Waals surface area contributed by atoms with Crippen molar-refractivity contribution in [2.75, 3.05) is 19.6 Å². The van der Waals surface area contributed by atoms with Crippen molar-refractivity contribution in [3.8, 4) is 0 Å². The summed E-state index contributed by atoms with van der Waals surface area (Å²) in [6, 6.07) is 20.5. The average Bonchev–Trinajstić information content (AvgIpc) is 3.85. The second kappa shape index (κ2) is 13.5. The molecule has 3 aromatic rings. The van der Waals surface area contributed by atoms with Gasteiger partial charge in [0.15, 0.2) is 0 Å². The van der Waals surface area contributed by atoms with E-state index in [-0.39, 0.29) is 18.0 Å². The van der Waals surface area contributed by atoms with Crippen molar-refractivity contribution in [1.29, 1.82) is 0 Å². The summed E-state index contributed by atoms with van der Waals surface area (Å²) in [7, 11) is 0. The topological polar surface area (TPSA) is 47.6 Å². The highest BCUT2D eigenvalue weighted by molar-refractivity contribution is 6.42. The van der Waals surface area contributed by atoms with E-state index in [2.05, 4.69) is 46.7 Å². The van der Waals surface area contributed by atoms with Crippen molar-refractivity contribution in [2.24, 2.45) is 0 Å². The fourth-order valence-electron chi connectivity index (χ4n) is 6.26. The third-order valence-electron chi connectivity index (χ3n) is 8.71.